The molecule has 0 fully saturated rings. The van der Waals surface area contributed by atoms with E-state index < -0.39 is 5.54 Å². The number of carbonyl (C=O) groups is 1. The van der Waals surface area contributed by atoms with E-state index in [9.17, 15) is 4.79 Å². The van der Waals surface area contributed by atoms with Gasteiger partial charge in [-0.1, -0.05) is 44.0 Å². The lowest BCUT2D eigenvalue weighted by atomic mass is 9.94. The van der Waals surface area contributed by atoms with Gasteiger partial charge in [0.25, 0.3) is 5.91 Å². The van der Waals surface area contributed by atoms with E-state index in [4.69, 9.17) is 0 Å². The Morgan fingerprint density at radius 2 is 1.62 bits per heavy atom. The molecular weight excluding hydrogens is 394 g/mol. The Hall–Kier alpha value is -1.13. The highest BCUT2D eigenvalue weighted by Crippen LogP contribution is 2.23. The second kappa shape index (κ2) is 6.32. The fourth-order valence-electron chi connectivity index (χ4n) is 2.16. The molecule has 1 N–H and O–H groups in total. The SMILES string of the molecule is Cc1cc(Br)cc(C(=O)NC(C)(C)c2ccc(Br)cc2)c1. The Labute approximate surface area is 142 Å². The van der Waals surface area contributed by atoms with Crippen LogP contribution in [0.25, 0.3) is 0 Å². The molecule has 0 unspecified atom stereocenters. The number of nitrogens with one attached hydrogen (secondary N) is 1. The van der Waals surface area contributed by atoms with Crippen molar-refractivity contribution in [3.8, 4) is 0 Å². The van der Waals surface area contributed by atoms with Gasteiger partial charge in [0.15, 0.2) is 0 Å². The monoisotopic (exact) mass is 409 g/mol. The van der Waals surface area contributed by atoms with Crippen LogP contribution in [0.5, 0.6) is 0 Å². The normalized spacial score (nSPS) is 11.3. The maximum atomic E-state index is 12.5. The van der Waals surface area contributed by atoms with E-state index in [2.05, 4.69) is 37.2 Å². The van der Waals surface area contributed by atoms with Crippen molar-refractivity contribution < 1.29 is 4.79 Å². The van der Waals surface area contributed by atoms with Gasteiger partial charge in [0, 0.05) is 14.5 Å². The first-order chi connectivity index (χ1) is 9.78. The van der Waals surface area contributed by atoms with Crippen molar-refractivity contribution in [3.05, 3.63) is 68.1 Å². The zero-order valence-corrected chi connectivity index (χ0v) is 15.4. The number of aryl methyl sites for hydroxylation is 1. The minimum atomic E-state index is -0.437. The molecule has 0 heterocycles. The van der Waals surface area contributed by atoms with E-state index in [1.165, 1.54) is 0 Å². The minimum Gasteiger partial charge on any atom is -0.343 e. The quantitative estimate of drug-likeness (QED) is 0.741. The van der Waals surface area contributed by atoms with Crippen LogP contribution in [-0.2, 0) is 5.54 Å². The average Bonchev–Trinajstić information content (AvgIpc) is 2.37. The number of hydrogen-bond acceptors (Lipinski definition) is 1. The lowest BCUT2D eigenvalue weighted by Gasteiger charge is -2.27. The van der Waals surface area contributed by atoms with Crippen LogP contribution < -0.4 is 5.32 Å². The Morgan fingerprint density at radius 3 is 2.19 bits per heavy atom. The molecule has 0 aliphatic carbocycles. The second-order valence-electron chi connectivity index (χ2n) is 5.60. The summed E-state index contributed by atoms with van der Waals surface area (Å²) in [5, 5.41) is 3.09. The van der Waals surface area contributed by atoms with Crippen LogP contribution in [0.1, 0.15) is 35.3 Å². The topological polar surface area (TPSA) is 29.1 Å². The molecule has 2 aromatic carbocycles. The van der Waals surface area contributed by atoms with Crippen LogP contribution in [0.4, 0.5) is 0 Å². The molecule has 110 valence electrons. The van der Waals surface area contributed by atoms with E-state index in [-0.39, 0.29) is 5.91 Å². The van der Waals surface area contributed by atoms with Gasteiger partial charge in [-0.25, -0.2) is 0 Å². The zero-order chi connectivity index (χ0) is 15.6. The van der Waals surface area contributed by atoms with E-state index in [0.29, 0.717) is 5.56 Å². The van der Waals surface area contributed by atoms with Crippen molar-refractivity contribution in [2.45, 2.75) is 26.3 Å². The molecule has 1 amide bonds. The van der Waals surface area contributed by atoms with Gasteiger partial charge in [-0.15, -0.1) is 0 Å². The summed E-state index contributed by atoms with van der Waals surface area (Å²) >= 11 is 6.85. The highest BCUT2D eigenvalue weighted by molar-refractivity contribution is 9.10. The number of carbonyl (C=O) groups excluding carboxylic acids is 1. The molecule has 4 heteroatoms. The van der Waals surface area contributed by atoms with Crippen molar-refractivity contribution in [3.63, 3.8) is 0 Å². The molecule has 0 aliphatic heterocycles. The summed E-state index contributed by atoms with van der Waals surface area (Å²) in [6, 6.07) is 13.7. The average molecular weight is 411 g/mol. The van der Waals surface area contributed by atoms with E-state index in [0.717, 1.165) is 20.1 Å². The molecule has 2 rings (SSSR count). The molecule has 0 spiro atoms. The molecule has 0 saturated heterocycles. The van der Waals surface area contributed by atoms with Crippen LogP contribution in [0.3, 0.4) is 0 Å². The molecule has 0 radical (unpaired) electrons. The molecule has 2 aromatic rings. The summed E-state index contributed by atoms with van der Waals surface area (Å²) in [6.07, 6.45) is 0. The van der Waals surface area contributed by atoms with Crippen molar-refractivity contribution in [2.75, 3.05) is 0 Å². The smallest absolute Gasteiger partial charge is 0.252 e. The molecule has 0 bridgehead atoms. The number of halogens is 2. The van der Waals surface area contributed by atoms with Crippen molar-refractivity contribution in [1.82, 2.24) is 5.32 Å². The van der Waals surface area contributed by atoms with E-state index >= 15 is 0 Å². The van der Waals surface area contributed by atoms with Gasteiger partial charge in [-0.3, -0.25) is 4.79 Å². The highest BCUT2D eigenvalue weighted by Gasteiger charge is 2.23. The summed E-state index contributed by atoms with van der Waals surface area (Å²) in [4.78, 5) is 12.5. The van der Waals surface area contributed by atoms with Gasteiger partial charge in [0.05, 0.1) is 5.54 Å². The number of rotatable bonds is 3. The Balaban J connectivity index is 2.23. The summed E-state index contributed by atoms with van der Waals surface area (Å²) in [5.74, 6) is -0.0766. The second-order valence-corrected chi connectivity index (χ2v) is 7.43. The predicted octanol–water partition coefficient (Wildman–Crippen LogP) is 5.19. The Kier molecular flexibility index (Phi) is 4.89. The molecule has 0 aromatic heterocycles. The predicted molar refractivity (Wildman–Crippen MR) is 93.5 cm³/mol. The van der Waals surface area contributed by atoms with Gasteiger partial charge < -0.3 is 5.32 Å². The third-order valence-electron chi connectivity index (χ3n) is 3.30. The summed E-state index contributed by atoms with van der Waals surface area (Å²) in [5.41, 5.74) is 2.34. The maximum Gasteiger partial charge on any atom is 0.252 e. The van der Waals surface area contributed by atoms with Crippen LogP contribution in [-0.4, -0.2) is 5.91 Å². The number of hydrogen-bond donors (Lipinski definition) is 1. The molecule has 0 atom stereocenters. The lowest BCUT2D eigenvalue weighted by Crippen LogP contribution is -2.41. The first kappa shape index (κ1) is 16.2. The van der Waals surface area contributed by atoms with Gasteiger partial charge in [0.1, 0.15) is 0 Å². The molecule has 0 aliphatic rings. The minimum absolute atomic E-state index is 0.0766. The zero-order valence-electron chi connectivity index (χ0n) is 12.2. The Morgan fingerprint density at radius 1 is 1.00 bits per heavy atom. The molecule has 2 nitrogen and oxygen atoms in total. The highest BCUT2D eigenvalue weighted by atomic mass is 79.9. The molecule has 21 heavy (non-hydrogen) atoms. The third-order valence-corrected chi connectivity index (χ3v) is 4.28. The van der Waals surface area contributed by atoms with Gasteiger partial charge in [-0.2, -0.15) is 0 Å². The van der Waals surface area contributed by atoms with Gasteiger partial charge in [-0.05, 0) is 62.2 Å². The Bertz CT molecular complexity index is 643. The van der Waals surface area contributed by atoms with Crippen LogP contribution >= 0.6 is 31.9 Å². The van der Waals surface area contributed by atoms with Gasteiger partial charge in [0.2, 0.25) is 0 Å². The third kappa shape index (κ3) is 4.17. The van der Waals surface area contributed by atoms with E-state index in [1.807, 2.05) is 63.2 Å². The fourth-order valence-corrected chi connectivity index (χ4v) is 3.03. The fraction of sp³-hybridized carbons (Fsp3) is 0.235. The van der Waals surface area contributed by atoms with E-state index in [1.54, 1.807) is 0 Å². The standard InChI is InChI=1S/C17H17Br2NO/c1-11-8-12(10-15(19)9-11)16(21)20-17(2,3)13-4-6-14(18)7-5-13/h4-10H,1-3H3,(H,20,21). The number of benzene rings is 2. The van der Waals surface area contributed by atoms with Crippen molar-refractivity contribution in [2.24, 2.45) is 0 Å². The van der Waals surface area contributed by atoms with Crippen LogP contribution in [0.2, 0.25) is 0 Å². The lowest BCUT2D eigenvalue weighted by molar-refractivity contribution is 0.0912. The van der Waals surface area contributed by atoms with Crippen LogP contribution in [0, 0.1) is 6.92 Å². The summed E-state index contributed by atoms with van der Waals surface area (Å²) in [7, 11) is 0. The van der Waals surface area contributed by atoms with Crippen LogP contribution in [0.15, 0.2) is 51.4 Å². The first-order valence-electron chi connectivity index (χ1n) is 6.64. The maximum absolute atomic E-state index is 12.5. The molecular formula is C17H17Br2NO. The molecule has 0 saturated carbocycles. The largest absolute Gasteiger partial charge is 0.343 e. The first-order valence-corrected chi connectivity index (χ1v) is 8.22. The summed E-state index contributed by atoms with van der Waals surface area (Å²) in [6.45, 7) is 5.97. The van der Waals surface area contributed by atoms with Crippen molar-refractivity contribution in [1.29, 1.82) is 0 Å². The number of amides is 1. The van der Waals surface area contributed by atoms with Crippen molar-refractivity contribution >= 4 is 37.8 Å². The summed E-state index contributed by atoms with van der Waals surface area (Å²) < 4.78 is 1.94. The van der Waals surface area contributed by atoms with Gasteiger partial charge >= 0.3 is 0 Å².